The van der Waals surface area contributed by atoms with E-state index in [1.165, 1.54) is 0 Å². The minimum Gasteiger partial charge on any atom is -0.287 e. The van der Waals surface area contributed by atoms with E-state index < -0.39 is 0 Å². The zero-order chi connectivity index (χ0) is 13.5. The molecule has 0 fully saturated rings. The molecule has 0 spiro atoms. The Bertz CT molecular complexity index is 806. The summed E-state index contributed by atoms with van der Waals surface area (Å²) in [4.78, 5) is 12.4. The third-order valence-electron chi connectivity index (χ3n) is 3.60. The molecule has 0 bridgehead atoms. The molecule has 1 aromatic heterocycles. The topological polar surface area (TPSA) is 47.8 Å². The number of aromatic nitrogens is 3. The molecule has 1 aliphatic rings. The van der Waals surface area contributed by atoms with E-state index >= 15 is 0 Å². The fourth-order valence-corrected chi connectivity index (χ4v) is 2.62. The van der Waals surface area contributed by atoms with Gasteiger partial charge < -0.3 is 0 Å². The Hall–Kier alpha value is -2.75. The Balaban J connectivity index is 1.90. The van der Waals surface area contributed by atoms with E-state index in [4.69, 9.17) is 0 Å². The molecule has 1 aliphatic carbocycles. The minimum atomic E-state index is -0.0379. The molecule has 4 rings (SSSR count). The first-order valence-electron chi connectivity index (χ1n) is 6.47. The molecule has 0 saturated heterocycles. The van der Waals surface area contributed by atoms with E-state index in [2.05, 4.69) is 10.3 Å². The standard InChI is InChI=1S/C16H11N3O/c20-16-13-9-5-4-6-11(13)10-14-15(16)17-18-19(14)12-7-2-1-3-8-12/h1-9H,10H2. The smallest absolute Gasteiger partial charge is 0.215 e. The van der Waals surface area contributed by atoms with Crippen molar-refractivity contribution in [2.24, 2.45) is 0 Å². The number of nitrogens with zero attached hydrogens (tertiary/aromatic N) is 3. The van der Waals surface area contributed by atoms with E-state index in [9.17, 15) is 4.79 Å². The average Bonchev–Trinajstić information content (AvgIpc) is 2.92. The van der Waals surface area contributed by atoms with Gasteiger partial charge in [0.05, 0.1) is 11.4 Å². The van der Waals surface area contributed by atoms with Crippen molar-refractivity contribution in [1.82, 2.24) is 15.0 Å². The molecule has 0 unspecified atom stereocenters. The van der Waals surface area contributed by atoms with Crippen LogP contribution in [0.3, 0.4) is 0 Å². The van der Waals surface area contributed by atoms with Crippen molar-refractivity contribution >= 4 is 5.78 Å². The van der Waals surface area contributed by atoms with Crippen LogP contribution in [0.1, 0.15) is 27.3 Å². The lowest BCUT2D eigenvalue weighted by atomic mass is 9.91. The number of ketones is 1. The highest BCUT2D eigenvalue weighted by molar-refractivity contribution is 6.10. The van der Waals surface area contributed by atoms with Gasteiger partial charge in [-0.25, -0.2) is 4.68 Å². The quantitative estimate of drug-likeness (QED) is 0.528. The molecule has 4 nitrogen and oxygen atoms in total. The number of carbonyl (C=O) groups excluding carboxylic acids is 1. The van der Waals surface area contributed by atoms with Crippen molar-refractivity contribution < 1.29 is 4.79 Å². The van der Waals surface area contributed by atoms with Gasteiger partial charge in [-0.2, -0.15) is 0 Å². The van der Waals surface area contributed by atoms with E-state index in [1.54, 1.807) is 4.68 Å². The predicted molar refractivity (Wildman–Crippen MR) is 74.0 cm³/mol. The van der Waals surface area contributed by atoms with Gasteiger partial charge in [-0.15, -0.1) is 5.10 Å². The van der Waals surface area contributed by atoms with Crippen LogP contribution in [-0.2, 0) is 6.42 Å². The molecule has 96 valence electrons. The predicted octanol–water partition coefficient (Wildman–Crippen LogP) is 2.40. The lowest BCUT2D eigenvalue weighted by molar-refractivity contribution is 0.103. The number of benzene rings is 2. The molecule has 2 aromatic carbocycles. The van der Waals surface area contributed by atoms with Crippen LogP contribution in [0.25, 0.3) is 5.69 Å². The zero-order valence-electron chi connectivity index (χ0n) is 10.7. The first kappa shape index (κ1) is 11.1. The number of hydrogen-bond donors (Lipinski definition) is 0. The Morgan fingerprint density at radius 2 is 1.70 bits per heavy atom. The normalized spacial score (nSPS) is 12.9. The van der Waals surface area contributed by atoms with Gasteiger partial charge in [-0.05, 0) is 17.7 Å². The molecule has 0 amide bonds. The molecule has 0 aliphatic heterocycles. The first-order chi connectivity index (χ1) is 9.84. The highest BCUT2D eigenvalue weighted by atomic mass is 16.1. The van der Waals surface area contributed by atoms with Gasteiger partial charge in [-0.1, -0.05) is 47.7 Å². The van der Waals surface area contributed by atoms with Gasteiger partial charge in [0.15, 0.2) is 5.69 Å². The second-order valence-electron chi connectivity index (χ2n) is 4.80. The lowest BCUT2D eigenvalue weighted by Crippen LogP contribution is -2.16. The number of rotatable bonds is 1. The van der Waals surface area contributed by atoms with E-state index in [0.29, 0.717) is 12.1 Å². The summed E-state index contributed by atoms with van der Waals surface area (Å²) in [5, 5.41) is 8.22. The zero-order valence-corrected chi connectivity index (χ0v) is 10.7. The summed E-state index contributed by atoms with van der Waals surface area (Å²) < 4.78 is 1.75. The highest BCUT2D eigenvalue weighted by Gasteiger charge is 2.28. The van der Waals surface area contributed by atoms with Crippen molar-refractivity contribution in [3.63, 3.8) is 0 Å². The Morgan fingerprint density at radius 3 is 2.55 bits per heavy atom. The highest BCUT2D eigenvalue weighted by Crippen LogP contribution is 2.26. The van der Waals surface area contributed by atoms with Crippen LogP contribution in [0.4, 0.5) is 0 Å². The maximum Gasteiger partial charge on any atom is 0.215 e. The number of carbonyl (C=O) groups is 1. The summed E-state index contributed by atoms with van der Waals surface area (Å²) in [5.41, 5.74) is 4.02. The van der Waals surface area contributed by atoms with Crippen LogP contribution in [0.5, 0.6) is 0 Å². The number of hydrogen-bond acceptors (Lipinski definition) is 3. The van der Waals surface area contributed by atoms with Crippen LogP contribution in [0.15, 0.2) is 54.6 Å². The van der Waals surface area contributed by atoms with Gasteiger partial charge in [-0.3, -0.25) is 4.79 Å². The number of fused-ring (bicyclic) bond motifs is 2. The third-order valence-corrected chi connectivity index (χ3v) is 3.60. The van der Waals surface area contributed by atoms with E-state index in [1.807, 2.05) is 54.6 Å². The van der Waals surface area contributed by atoms with Crippen molar-refractivity contribution in [2.45, 2.75) is 6.42 Å². The van der Waals surface area contributed by atoms with Crippen molar-refractivity contribution in [3.05, 3.63) is 77.1 Å². The van der Waals surface area contributed by atoms with Crippen molar-refractivity contribution in [2.75, 3.05) is 0 Å². The van der Waals surface area contributed by atoms with Gasteiger partial charge in [0.25, 0.3) is 0 Å². The van der Waals surface area contributed by atoms with E-state index in [-0.39, 0.29) is 5.78 Å². The summed E-state index contributed by atoms with van der Waals surface area (Å²) in [7, 11) is 0. The Kier molecular flexibility index (Phi) is 2.29. The molecular weight excluding hydrogens is 250 g/mol. The fraction of sp³-hybridized carbons (Fsp3) is 0.0625. The van der Waals surface area contributed by atoms with Crippen molar-refractivity contribution in [3.8, 4) is 5.69 Å². The third kappa shape index (κ3) is 1.51. The maximum absolute atomic E-state index is 12.4. The second kappa shape index (κ2) is 4.13. The van der Waals surface area contributed by atoms with Gasteiger partial charge in [0.1, 0.15) is 0 Å². The van der Waals surface area contributed by atoms with Crippen LogP contribution in [-0.4, -0.2) is 20.8 Å². The van der Waals surface area contributed by atoms with Crippen LogP contribution in [0.2, 0.25) is 0 Å². The Morgan fingerprint density at radius 1 is 0.950 bits per heavy atom. The van der Waals surface area contributed by atoms with Gasteiger partial charge in [0.2, 0.25) is 5.78 Å². The lowest BCUT2D eigenvalue weighted by Gasteiger charge is -2.15. The SMILES string of the molecule is O=C1c2ccccc2Cc2c1nnn2-c1ccccc1. The fourth-order valence-electron chi connectivity index (χ4n) is 2.62. The molecule has 0 atom stereocenters. The molecule has 0 radical (unpaired) electrons. The van der Waals surface area contributed by atoms with E-state index in [0.717, 1.165) is 22.5 Å². The molecular formula is C16H11N3O. The van der Waals surface area contributed by atoms with Crippen LogP contribution in [0, 0.1) is 0 Å². The molecule has 0 N–H and O–H groups in total. The molecule has 0 saturated carbocycles. The van der Waals surface area contributed by atoms with Crippen molar-refractivity contribution in [1.29, 1.82) is 0 Å². The number of para-hydroxylation sites is 1. The Labute approximate surface area is 115 Å². The maximum atomic E-state index is 12.4. The minimum absolute atomic E-state index is 0.0379. The monoisotopic (exact) mass is 261 g/mol. The first-order valence-corrected chi connectivity index (χ1v) is 6.47. The molecule has 4 heteroatoms. The summed E-state index contributed by atoms with van der Waals surface area (Å²) in [6.45, 7) is 0. The summed E-state index contributed by atoms with van der Waals surface area (Å²) in [6, 6.07) is 17.4. The van der Waals surface area contributed by atoms with Crippen LogP contribution >= 0.6 is 0 Å². The van der Waals surface area contributed by atoms with Gasteiger partial charge in [0, 0.05) is 12.0 Å². The second-order valence-corrected chi connectivity index (χ2v) is 4.80. The molecule has 20 heavy (non-hydrogen) atoms. The summed E-state index contributed by atoms with van der Waals surface area (Å²) in [5.74, 6) is -0.0379. The van der Waals surface area contributed by atoms with Crippen LogP contribution < -0.4 is 0 Å². The molecule has 3 aromatic rings. The summed E-state index contributed by atoms with van der Waals surface area (Å²) in [6.07, 6.45) is 0.680. The largest absolute Gasteiger partial charge is 0.287 e. The average molecular weight is 261 g/mol. The molecule has 1 heterocycles. The summed E-state index contributed by atoms with van der Waals surface area (Å²) >= 11 is 0. The van der Waals surface area contributed by atoms with Gasteiger partial charge >= 0.3 is 0 Å².